The van der Waals surface area contributed by atoms with Gasteiger partial charge in [-0.05, 0) is 54.2 Å². The van der Waals surface area contributed by atoms with Gasteiger partial charge in [-0.15, -0.1) is 0 Å². The molecule has 160 valence electrons. The van der Waals surface area contributed by atoms with Crippen molar-refractivity contribution < 1.29 is 18.0 Å². The number of carbonyl (C=O) groups excluding carboxylic acids is 1. The number of thiocarbonyl (C=S) groups is 1. The van der Waals surface area contributed by atoms with Gasteiger partial charge in [-0.25, -0.2) is 13.8 Å². The van der Waals surface area contributed by atoms with Crippen molar-refractivity contribution in [1.29, 1.82) is 0 Å². The average Bonchev–Trinajstić information content (AvgIpc) is 3.18. The van der Waals surface area contributed by atoms with E-state index in [4.69, 9.17) is 28.2 Å². The molecule has 9 heteroatoms. The highest BCUT2D eigenvalue weighted by atomic mass is 35.5. The molecule has 4 rings (SSSR count). The van der Waals surface area contributed by atoms with E-state index >= 15 is 0 Å². The molecular formula is C23H14ClF2N3O2S. The first kappa shape index (κ1) is 21.6. The van der Waals surface area contributed by atoms with Crippen molar-refractivity contribution in [3.63, 3.8) is 0 Å². The Morgan fingerprint density at radius 2 is 1.81 bits per heavy atom. The van der Waals surface area contributed by atoms with E-state index in [2.05, 4.69) is 15.6 Å². The Hall–Kier alpha value is -3.62. The van der Waals surface area contributed by atoms with Gasteiger partial charge in [-0.3, -0.25) is 10.1 Å². The lowest BCUT2D eigenvalue weighted by molar-refractivity contribution is -0.115. The molecule has 0 spiro atoms. The molecule has 0 unspecified atom stereocenters. The summed E-state index contributed by atoms with van der Waals surface area (Å²) in [5.41, 5.74) is 2.40. The highest BCUT2D eigenvalue weighted by molar-refractivity contribution is 7.80. The van der Waals surface area contributed by atoms with Crippen LogP contribution >= 0.6 is 23.8 Å². The Kier molecular flexibility index (Phi) is 6.25. The fraction of sp³-hybridized carbons (Fsp3) is 0. The zero-order valence-corrected chi connectivity index (χ0v) is 17.8. The van der Waals surface area contributed by atoms with E-state index in [0.29, 0.717) is 16.8 Å². The van der Waals surface area contributed by atoms with Crippen LogP contribution in [-0.4, -0.2) is 16.0 Å². The van der Waals surface area contributed by atoms with Gasteiger partial charge in [0.25, 0.3) is 0 Å². The van der Waals surface area contributed by atoms with Crippen molar-refractivity contribution >= 4 is 57.7 Å². The number of carbonyl (C=O) groups is 1. The molecule has 0 saturated carbocycles. The number of oxazole rings is 1. The average molecular weight is 470 g/mol. The number of hydrogen-bond donors (Lipinski definition) is 2. The number of benzene rings is 3. The topological polar surface area (TPSA) is 67.2 Å². The maximum absolute atomic E-state index is 13.6. The lowest BCUT2D eigenvalue weighted by atomic mass is 10.2. The van der Waals surface area contributed by atoms with Gasteiger partial charge in [0.2, 0.25) is 11.8 Å². The molecule has 1 aromatic heterocycles. The third-order valence-corrected chi connectivity index (χ3v) is 4.87. The fourth-order valence-electron chi connectivity index (χ4n) is 2.86. The number of halogens is 3. The quantitative estimate of drug-likeness (QED) is 0.219. The lowest BCUT2D eigenvalue weighted by Crippen LogP contribution is -2.32. The van der Waals surface area contributed by atoms with Gasteiger partial charge in [0.1, 0.15) is 5.52 Å². The van der Waals surface area contributed by atoms with Crippen LogP contribution in [0.3, 0.4) is 0 Å². The van der Waals surface area contributed by atoms with Gasteiger partial charge in [0.05, 0.1) is 10.6 Å². The monoisotopic (exact) mass is 469 g/mol. The second-order valence-electron chi connectivity index (χ2n) is 6.64. The summed E-state index contributed by atoms with van der Waals surface area (Å²) in [6, 6.07) is 16.1. The Morgan fingerprint density at radius 3 is 2.59 bits per heavy atom. The van der Waals surface area contributed by atoms with E-state index in [1.54, 1.807) is 24.3 Å². The van der Waals surface area contributed by atoms with Crippen molar-refractivity contribution in [2.75, 3.05) is 5.32 Å². The molecule has 32 heavy (non-hydrogen) atoms. The molecule has 0 bridgehead atoms. The largest absolute Gasteiger partial charge is 0.436 e. The van der Waals surface area contributed by atoms with Gasteiger partial charge in [0, 0.05) is 11.8 Å². The van der Waals surface area contributed by atoms with E-state index in [1.165, 1.54) is 6.08 Å². The zero-order chi connectivity index (χ0) is 22.7. The summed E-state index contributed by atoms with van der Waals surface area (Å²) >= 11 is 11.2. The normalized spacial score (nSPS) is 11.1. The molecular weight excluding hydrogens is 456 g/mol. The first-order valence-corrected chi connectivity index (χ1v) is 10.1. The molecule has 1 amide bonds. The summed E-state index contributed by atoms with van der Waals surface area (Å²) < 4.78 is 32.5. The molecule has 3 aromatic carbocycles. The first-order chi connectivity index (χ1) is 15.4. The molecule has 0 aliphatic carbocycles. The third kappa shape index (κ3) is 4.99. The van der Waals surface area contributed by atoms with Crippen LogP contribution in [0.2, 0.25) is 5.02 Å². The van der Waals surface area contributed by atoms with Gasteiger partial charge >= 0.3 is 0 Å². The van der Waals surface area contributed by atoms with Crippen LogP contribution in [0.25, 0.3) is 28.6 Å². The summed E-state index contributed by atoms with van der Waals surface area (Å²) in [5, 5.41) is 5.51. The Bertz CT molecular complexity index is 1360. The smallest absolute Gasteiger partial charge is 0.250 e. The molecule has 0 aliphatic rings. The molecule has 1 heterocycles. The minimum absolute atomic E-state index is 0.0266. The molecule has 0 aliphatic heterocycles. The highest BCUT2D eigenvalue weighted by Crippen LogP contribution is 2.32. The predicted octanol–water partition coefficient (Wildman–Crippen LogP) is 5.95. The molecule has 0 radical (unpaired) electrons. The third-order valence-electron chi connectivity index (χ3n) is 4.35. The first-order valence-electron chi connectivity index (χ1n) is 9.29. The number of nitrogens with zero attached hydrogens (tertiary/aromatic N) is 1. The van der Waals surface area contributed by atoms with Gasteiger partial charge < -0.3 is 9.73 Å². The van der Waals surface area contributed by atoms with Crippen molar-refractivity contribution in [2.45, 2.75) is 0 Å². The van der Waals surface area contributed by atoms with Crippen molar-refractivity contribution in [1.82, 2.24) is 10.3 Å². The molecule has 0 saturated heterocycles. The van der Waals surface area contributed by atoms with Crippen molar-refractivity contribution in [2.24, 2.45) is 0 Å². The Labute approximate surface area is 191 Å². The number of rotatable bonds is 4. The van der Waals surface area contributed by atoms with Gasteiger partial charge in [-0.1, -0.05) is 41.9 Å². The van der Waals surface area contributed by atoms with E-state index in [9.17, 15) is 13.6 Å². The summed E-state index contributed by atoms with van der Waals surface area (Å²) in [4.78, 5) is 16.3. The number of nitrogens with one attached hydrogen (secondary N) is 2. The van der Waals surface area contributed by atoms with E-state index in [0.717, 1.165) is 17.7 Å². The number of fused-ring (bicyclic) bond motifs is 1. The van der Waals surface area contributed by atoms with Gasteiger partial charge in [0.15, 0.2) is 22.3 Å². The summed E-state index contributed by atoms with van der Waals surface area (Å²) in [7, 11) is 0. The van der Waals surface area contributed by atoms with Crippen LogP contribution in [0.4, 0.5) is 14.5 Å². The van der Waals surface area contributed by atoms with Crippen LogP contribution in [0.15, 0.2) is 71.2 Å². The van der Waals surface area contributed by atoms with Crippen molar-refractivity contribution in [3.05, 3.63) is 89.0 Å². The van der Waals surface area contributed by atoms with E-state index in [1.807, 2.05) is 30.3 Å². The molecule has 2 N–H and O–H groups in total. The second-order valence-corrected chi connectivity index (χ2v) is 7.45. The lowest BCUT2D eigenvalue weighted by Gasteiger charge is -2.07. The highest BCUT2D eigenvalue weighted by Gasteiger charge is 2.16. The maximum Gasteiger partial charge on any atom is 0.250 e. The Balaban J connectivity index is 1.46. The minimum atomic E-state index is -1.06. The summed E-state index contributed by atoms with van der Waals surface area (Å²) in [6.07, 6.45) is 3.05. The number of aromatic nitrogens is 1. The molecule has 0 atom stereocenters. The standard InChI is InChI=1S/C23H14ClF2N3O2S/c24-16-12-18(26)17(25)11-15(16)22-28-19-10-14(7-8-20(19)31-22)27-23(32)29-21(30)9-6-13-4-2-1-3-5-13/h1-12H,(H2,27,29,30,32)/b9-6+. The van der Waals surface area contributed by atoms with Crippen LogP contribution in [0.1, 0.15) is 5.56 Å². The van der Waals surface area contributed by atoms with Crippen LogP contribution < -0.4 is 10.6 Å². The summed E-state index contributed by atoms with van der Waals surface area (Å²) in [5.74, 6) is -2.46. The zero-order valence-electron chi connectivity index (χ0n) is 16.2. The van der Waals surface area contributed by atoms with Crippen LogP contribution in [0, 0.1) is 11.6 Å². The molecule has 5 nitrogen and oxygen atoms in total. The Morgan fingerprint density at radius 1 is 1.06 bits per heavy atom. The number of amides is 1. The second kappa shape index (κ2) is 9.25. The minimum Gasteiger partial charge on any atom is -0.436 e. The fourth-order valence-corrected chi connectivity index (χ4v) is 3.31. The molecule has 0 fully saturated rings. The number of anilines is 1. The van der Waals surface area contributed by atoms with Crippen LogP contribution in [0.5, 0.6) is 0 Å². The van der Waals surface area contributed by atoms with Gasteiger partial charge in [-0.2, -0.15) is 0 Å². The summed E-state index contributed by atoms with van der Waals surface area (Å²) in [6.45, 7) is 0. The van der Waals surface area contributed by atoms with E-state index in [-0.39, 0.29) is 27.5 Å². The van der Waals surface area contributed by atoms with Crippen LogP contribution in [-0.2, 0) is 4.79 Å². The predicted molar refractivity (Wildman–Crippen MR) is 124 cm³/mol. The van der Waals surface area contributed by atoms with E-state index < -0.39 is 11.6 Å². The maximum atomic E-state index is 13.6. The molecule has 4 aromatic rings. The van der Waals surface area contributed by atoms with Crippen molar-refractivity contribution in [3.8, 4) is 11.5 Å². The number of hydrogen-bond acceptors (Lipinski definition) is 4. The SMILES string of the molecule is O=C(/C=C/c1ccccc1)NC(=S)Nc1ccc2oc(-c3cc(F)c(F)cc3Cl)nc2c1.